The predicted molar refractivity (Wildman–Crippen MR) is 78.4 cm³/mol. The lowest BCUT2D eigenvalue weighted by Gasteiger charge is -2.32. The Kier molecular flexibility index (Phi) is 3.52. The molecule has 0 N–H and O–H groups in total. The van der Waals surface area contributed by atoms with Gasteiger partial charge in [-0.15, -0.1) is 0 Å². The molecule has 2 aliphatic rings. The van der Waals surface area contributed by atoms with Crippen molar-refractivity contribution in [3.8, 4) is 0 Å². The normalized spacial score (nSPS) is 28.1. The van der Waals surface area contributed by atoms with Gasteiger partial charge in [0.25, 0.3) is 0 Å². The van der Waals surface area contributed by atoms with Gasteiger partial charge in [-0.2, -0.15) is 8.42 Å². The van der Waals surface area contributed by atoms with Crippen molar-refractivity contribution >= 4 is 26.1 Å². The molecule has 0 amide bonds. The standard InChI is InChI=1S/C14H16ClNO3S/c15-20(17,18)19-14-7-4-8-16(11-14)13(10-14)9-12-5-2-1-3-6-12/h1-3,5-6,9H,4,7-8,10-11H2/b13-9+. The monoisotopic (exact) mass is 313 g/mol. The highest BCUT2D eigenvalue weighted by Crippen LogP contribution is 2.42. The highest BCUT2D eigenvalue weighted by atomic mass is 35.7. The van der Waals surface area contributed by atoms with Gasteiger partial charge < -0.3 is 4.90 Å². The molecule has 0 spiro atoms. The van der Waals surface area contributed by atoms with Crippen molar-refractivity contribution in [1.29, 1.82) is 0 Å². The van der Waals surface area contributed by atoms with Crippen LogP contribution in [0.5, 0.6) is 0 Å². The van der Waals surface area contributed by atoms with E-state index >= 15 is 0 Å². The molecule has 2 saturated heterocycles. The molecule has 108 valence electrons. The zero-order valence-corrected chi connectivity index (χ0v) is 12.5. The van der Waals surface area contributed by atoms with Crippen LogP contribution in [0.2, 0.25) is 0 Å². The fourth-order valence-corrected chi connectivity index (χ4v) is 4.14. The van der Waals surface area contributed by atoms with Gasteiger partial charge in [-0.05, 0) is 24.5 Å². The molecule has 1 aromatic rings. The van der Waals surface area contributed by atoms with Crippen LogP contribution in [0.3, 0.4) is 0 Å². The van der Waals surface area contributed by atoms with E-state index in [9.17, 15) is 8.42 Å². The van der Waals surface area contributed by atoms with Crippen LogP contribution in [0, 0.1) is 0 Å². The van der Waals surface area contributed by atoms with E-state index in [-0.39, 0.29) is 0 Å². The predicted octanol–water partition coefficient (Wildman–Crippen LogP) is 2.77. The average Bonchev–Trinajstić information content (AvgIpc) is 2.59. The summed E-state index contributed by atoms with van der Waals surface area (Å²) in [6, 6.07) is 10.0. The van der Waals surface area contributed by atoms with E-state index in [2.05, 4.69) is 11.0 Å². The number of halogens is 1. The number of hydrogen-bond acceptors (Lipinski definition) is 4. The number of rotatable bonds is 3. The number of fused-ring (bicyclic) bond motifs is 2. The Bertz CT molecular complexity index is 629. The van der Waals surface area contributed by atoms with Crippen molar-refractivity contribution in [2.75, 3.05) is 13.1 Å². The zero-order chi connectivity index (χ0) is 14.2. The number of hydrogen-bond donors (Lipinski definition) is 0. The first-order chi connectivity index (χ1) is 9.46. The van der Waals surface area contributed by atoms with Gasteiger partial charge >= 0.3 is 9.33 Å². The lowest BCUT2D eigenvalue weighted by atomic mass is 9.94. The van der Waals surface area contributed by atoms with Gasteiger partial charge in [-0.1, -0.05) is 30.3 Å². The SMILES string of the molecule is O=S(=O)(Cl)OC12CCCN(C1)/C(=C/c1ccccc1)C2. The van der Waals surface area contributed by atoms with Crippen molar-refractivity contribution < 1.29 is 12.6 Å². The molecule has 1 atom stereocenters. The summed E-state index contributed by atoms with van der Waals surface area (Å²) < 4.78 is 27.7. The van der Waals surface area contributed by atoms with E-state index < -0.39 is 14.9 Å². The Morgan fingerprint density at radius 2 is 2.05 bits per heavy atom. The summed E-state index contributed by atoms with van der Waals surface area (Å²) in [6.45, 7) is 1.53. The third kappa shape index (κ3) is 3.00. The quantitative estimate of drug-likeness (QED) is 0.805. The average molecular weight is 314 g/mol. The van der Waals surface area contributed by atoms with Crippen molar-refractivity contribution in [3.63, 3.8) is 0 Å². The molecule has 1 aromatic carbocycles. The number of piperidine rings is 1. The molecule has 2 aliphatic heterocycles. The lowest BCUT2D eigenvalue weighted by molar-refractivity contribution is 0.0555. The summed E-state index contributed by atoms with van der Waals surface area (Å²) >= 11 is 0. The van der Waals surface area contributed by atoms with E-state index in [0.29, 0.717) is 13.0 Å². The largest absolute Gasteiger partial charge is 0.372 e. The first-order valence-electron chi connectivity index (χ1n) is 6.62. The Balaban J connectivity index is 1.88. The fraction of sp³-hybridized carbons (Fsp3) is 0.429. The molecule has 2 heterocycles. The van der Waals surface area contributed by atoms with Gasteiger partial charge in [0.15, 0.2) is 0 Å². The second-order valence-electron chi connectivity index (χ2n) is 5.41. The van der Waals surface area contributed by atoms with E-state index in [1.54, 1.807) is 0 Å². The molecule has 3 rings (SSSR count). The molecule has 1 unspecified atom stereocenters. The molecule has 6 heteroatoms. The van der Waals surface area contributed by atoms with E-state index in [4.69, 9.17) is 14.9 Å². The molecule has 0 aromatic heterocycles. The molecular weight excluding hydrogens is 298 g/mol. The first-order valence-corrected chi connectivity index (χ1v) is 8.85. The van der Waals surface area contributed by atoms with Crippen LogP contribution >= 0.6 is 10.7 Å². The van der Waals surface area contributed by atoms with Gasteiger partial charge in [-0.3, -0.25) is 0 Å². The summed E-state index contributed by atoms with van der Waals surface area (Å²) in [5, 5.41) is 0. The molecule has 4 nitrogen and oxygen atoms in total. The lowest BCUT2D eigenvalue weighted by Crippen LogP contribution is -2.41. The molecule has 20 heavy (non-hydrogen) atoms. The summed E-state index contributed by atoms with van der Waals surface area (Å²) in [5.41, 5.74) is 1.55. The van der Waals surface area contributed by atoms with Crippen LogP contribution in [0.15, 0.2) is 36.0 Å². The molecule has 0 aliphatic carbocycles. The summed E-state index contributed by atoms with van der Waals surface area (Å²) in [5.74, 6) is 0. The zero-order valence-electron chi connectivity index (χ0n) is 11.0. The van der Waals surface area contributed by atoms with Crippen LogP contribution in [0.4, 0.5) is 0 Å². The topological polar surface area (TPSA) is 46.6 Å². The van der Waals surface area contributed by atoms with Gasteiger partial charge in [0, 0.05) is 35.9 Å². The maximum Gasteiger partial charge on any atom is 0.356 e. The van der Waals surface area contributed by atoms with Crippen LogP contribution in [-0.4, -0.2) is 32.0 Å². The Labute approximate surface area is 123 Å². The highest BCUT2D eigenvalue weighted by Gasteiger charge is 2.47. The van der Waals surface area contributed by atoms with Crippen molar-refractivity contribution in [3.05, 3.63) is 41.6 Å². The summed E-state index contributed by atoms with van der Waals surface area (Å²) in [4.78, 5) is 2.19. The minimum Gasteiger partial charge on any atom is -0.372 e. The number of benzene rings is 1. The third-order valence-electron chi connectivity index (χ3n) is 3.86. The minimum atomic E-state index is -3.95. The highest BCUT2D eigenvalue weighted by molar-refractivity contribution is 8.10. The Morgan fingerprint density at radius 3 is 2.75 bits per heavy atom. The Morgan fingerprint density at radius 1 is 1.30 bits per heavy atom. The van der Waals surface area contributed by atoms with Gasteiger partial charge in [0.1, 0.15) is 5.60 Å². The van der Waals surface area contributed by atoms with Crippen LogP contribution in [-0.2, 0) is 13.5 Å². The van der Waals surface area contributed by atoms with Crippen molar-refractivity contribution in [2.24, 2.45) is 0 Å². The third-order valence-corrected chi connectivity index (χ3v) is 4.60. The smallest absolute Gasteiger partial charge is 0.356 e. The maximum absolute atomic E-state index is 11.3. The maximum atomic E-state index is 11.3. The van der Waals surface area contributed by atoms with Crippen LogP contribution in [0.25, 0.3) is 6.08 Å². The first kappa shape index (κ1) is 13.9. The molecule has 2 fully saturated rings. The minimum absolute atomic E-state index is 0.591. The van der Waals surface area contributed by atoms with Gasteiger partial charge in [0.2, 0.25) is 0 Å². The summed E-state index contributed by atoms with van der Waals surface area (Å²) in [6.07, 6.45) is 4.32. The van der Waals surface area contributed by atoms with Gasteiger partial charge in [-0.25, -0.2) is 4.18 Å². The van der Waals surface area contributed by atoms with Crippen LogP contribution < -0.4 is 0 Å². The molecule has 0 saturated carbocycles. The van der Waals surface area contributed by atoms with E-state index in [0.717, 1.165) is 30.6 Å². The van der Waals surface area contributed by atoms with Gasteiger partial charge in [0.05, 0.1) is 0 Å². The molecule has 0 radical (unpaired) electrons. The van der Waals surface area contributed by atoms with E-state index in [1.165, 1.54) is 0 Å². The van der Waals surface area contributed by atoms with E-state index in [1.807, 2.05) is 30.3 Å². The number of nitrogens with zero attached hydrogens (tertiary/aromatic N) is 1. The van der Waals surface area contributed by atoms with Crippen molar-refractivity contribution in [2.45, 2.75) is 24.9 Å². The second-order valence-corrected chi connectivity index (χ2v) is 7.49. The van der Waals surface area contributed by atoms with Crippen molar-refractivity contribution in [1.82, 2.24) is 4.90 Å². The second kappa shape index (κ2) is 5.06. The Hall–Kier alpha value is -1.04. The fourth-order valence-electron chi connectivity index (χ4n) is 3.12. The molecule has 2 bridgehead atoms. The van der Waals surface area contributed by atoms with Crippen LogP contribution in [0.1, 0.15) is 24.8 Å². The molecular formula is C14H16ClNO3S. The summed E-state index contributed by atoms with van der Waals surface area (Å²) in [7, 11) is 1.33.